The first-order valence-corrected chi connectivity index (χ1v) is 7.33. The number of nitrogens with zero attached hydrogens (tertiary/aromatic N) is 1. The minimum Gasteiger partial charge on any atom is -0.361 e. The molecular formula is C16H23N3. The third kappa shape index (κ3) is 2.82. The molecule has 3 rings (SSSR count). The number of fused-ring (bicyclic) bond motifs is 1. The largest absolute Gasteiger partial charge is 0.361 e. The Labute approximate surface area is 115 Å². The standard InChI is InChI=1S/C16H23N3/c1-13-4-2-6-15-16(13)14(12-18-15)5-3-9-19-10-7-17-8-11-19/h2,4,6,12,17-18H,3,5,7-11H2,1H3. The molecule has 0 aliphatic carbocycles. The molecule has 3 nitrogen and oxygen atoms in total. The molecule has 2 aromatic rings. The maximum atomic E-state index is 3.40. The molecule has 3 heteroatoms. The number of aryl methyl sites for hydroxylation is 2. The topological polar surface area (TPSA) is 31.1 Å². The van der Waals surface area contributed by atoms with Crippen LogP contribution in [0.15, 0.2) is 24.4 Å². The normalized spacial score (nSPS) is 17.1. The van der Waals surface area contributed by atoms with Gasteiger partial charge in [0.2, 0.25) is 0 Å². The quantitative estimate of drug-likeness (QED) is 0.880. The first kappa shape index (κ1) is 12.7. The third-order valence-corrected chi connectivity index (χ3v) is 4.13. The van der Waals surface area contributed by atoms with Gasteiger partial charge >= 0.3 is 0 Å². The van der Waals surface area contributed by atoms with E-state index in [-0.39, 0.29) is 0 Å². The average Bonchev–Trinajstić information content (AvgIpc) is 2.85. The Kier molecular flexibility index (Phi) is 3.85. The zero-order valence-electron chi connectivity index (χ0n) is 11.7. The van der Waals surface area contributed by atoms with Crippen molar-refractivity contribution in [3.63, 3.8) is 0 Å². The van der Waals surface area contributed by atoms with Gasteiger partial charge in [0.15, 0.2) is 0 Å². The Morgan fingerprint density at radius 3 is 2.89 bits per heavy atom. The third-order valence-electron chi connectivity index (χ3n) is 4.13. The molecule has 1 aromatic carbocycles. The number of hydrogen-bond acceptors (Lipinski definition) is 2. The first-order chi connectivity index (χ1) is 9.34. The van der Waals surface area contributed by atoms with Crippen LogP contribution in [0.25, 0.3) is 10.9 Å². The van der Waals surface area contributed by atoms with E-state index in [9.17, 15) is 0 Å². The number of aromatic nitrogens is 1. The highest BCUT2D eigenvalue weighted by Gasteiger charge is 2.10. The highest BCUT2D eigenvalue weighted by Crippen LogP contribution is 2.23. The Morgan fingerprint density at radius 1 is 1.21 bits per heavy atom. The van der Waals surface area contributed by atoms with E-state index in [1.165, 1.54) is 54.5 Å². The second-order valence-electron chi connectivity index (χ2n) is 5.51. The lowest BCUT2D eigenvalue weighted by atomic mass is 10.0. The lowest BCUT2D eigenvalue weighted by Gasteiger charge is -2.27. The number of aromatic amines is 1. The van der Waals surface area contributed by atoms with Gasteiger partial charge in [0.05, 0.1) is 0 Å². The summed E-state index contributed by atoms with van der Waals surface area (Å²) in [5, 5.41) is 4.84. The predicted molar refractivity (Wildman–Crippen MR) is 80.7 cm³/mol. The number of H-pyrrole nitrogens is 1. The summed E-state index contributed by atoms with van der Waals surface area (Å²) in [6.45, 7) is 8.12. The van der Waals surface area contributed by atoms with Gasteiger partial charge in [-0.3, -0.25) is 0 Å². The molecule has 0 bridgehead atoms. The van der Waals surface area contributed by atoms with E-state index in [2.05, 4.69) is 46.5 Å². The number of hydrogen-bond donors (Lipinski definition) is 2. The number of piperazine rings is 1. The molecule has 19 heavy (non-hydrogen) atoms. The zero-order valence-corrected chi connectivity index (χ0v) is 11.7. The zero-order chi connectivity index (χ0) is 13.1. The summed E-state index contributed by atoms with van der Waals surface area (Å²) in [6.07, 6.45) is 4.62. The van der Waals surface area contributed by atoms with Crippen molar-refractivity contribution in [2.45, 2.75) is 19.8 Å². The molecule has 2 N–H and O–H groups in total. The summed E-state index contributed by atoms with van der Waals surface area (Å²) in [7, 11) is 0. The Bertz CT molecular complexity index is 538. The molecule has 0 saturated carbocycles. The van der Waals surface area contributed by atoms with Gasteiger partial charge in [-0.05, 0) is 43.5 Å². The van der Waals surface area contributed by atoms with Gasteiger partial charge in [-0.2, -0.15) is 0 Å². The molecule has 1 aromatic heterocycles. The van der Waals surface area contributed by atoms with Crippen molar-refractivity contribution in [3.05, 3.63) is 35.5 Å². The SMILES string of the molecule is Cc1cccc2[nH]cc(CCCN3CCNCC3)c12. The molecule has 0 atom stereocenters. The van der Waals surface area contributed by atoms with Crippen molar-refractivity contribution in [3.8, 4) is 0 Å². The molecule has 1 aliphatic rings. The Balaban J connectivity index is 1.62. The van der Waals surface area contributed by atoms with E-state index in [4.69, 9.17) is 0 Å². The molecule has 102 valence electrons. The Morgan fingerprint density at radius 2 is 2.05 bits per heavy atom. The highest BCUT2D eigenvalue weighted by molar-refractivity contribution is 5.86. The molecule has 0 amide bonds. The van der Waals surface area contributed by atoms with E-state index in [1.54, 1.807) is 0 Å². The van der Waals surface area contributed by atoms with Crippen LogP contribution in [0.5, 0.6) is 0 Å². The smallest absolute Gasteiger partial charge is 0.0459 e. The maximum absolute atomic E-state index is 3.40. The maximum Gasteiger partial charge on any atom is 0.0459 e. The Hall–Kier alpha value is -1.32. The van der Waals surface area contributed by atoms with E-state index in [0.29, 0.717) is 0 Å². The summed E-state index contributed by atoms with van der Waals surface area (Å²) < 4.78 is 0. The number of rotatable bonds is 4. The summed E-state index contributed by atoms with van der Waals surface area (Å²) in [5.74, 6) is 0. The fourth-order valence-corrected chi connectivity index (χ4v) is 3.08. The summed E-state index contributed by atoms with van der Waals surface area (Å²) >= 11 is 0. The summed E-state index contributed by atoms with van der Waals surface area (Å²) in [6, 6.07) is 6.50. The lowest BCUT2D eigenvalue weighted by Crippen LogP contribution is -2.43. The molecule has 1 aliphatic heterocycles. The van der Waals surface area contributed by atoms with Crippen molar-refractivity contribution in [2.75, 3.05) is 32.7 Å². The summed E-state index contributed by atoms with van der Waals surface area (Å²) in [4.78, 5) is 5.96. The highest BCUT2D eigenvalue weighted by atomic mass is 15.2. The minimum absolute atomic E-state index is 1.15. The number of nitrogens with one attached hydrogen (secondary N) is 2. The van der Waals surface area contributed by atoms with Crippen LogP contribution >= 0.6 is 0 Å². The lowest BCUT2D eigenvalue weighted by molar-refractivity contribution is 0.238. The van der Waals surface area contributed by atoms with Gasteiger partial charge in [-0.15, -0.1) is 0 Å². The van der Waals surface area contributed by atoms with Crippen molar-refractivity contribution >= 4 is 10.9 Å². The first-order valence-electron chi connectivity index (χ1n) is 7.33. The molecule has 1 saturated heterocycles. The van der Waals surface area contributed by atoms with Crippen LogP contribution in [0.4, 0.5) is 0 Å². The van der Waals surface area contributed by atoms with Gasteiger partial charge in [0, 0.05) is 43.3 Å². The van der Waals surface area contributed by atoms with Gasteiger partial charge in [0.1, 0.15) is 0 Å². The fraction of sp³-hybridized carbons (Fsp3) is 0.500. The van der Waals surface area contributed by atoms with Crippen LogP contribution in [0.1, 0.15) is 17.5 Å². The average molecular weight is 257 g/mol. The van der Waals surface area contributed by atoms with Crippen molar-refractivity contribution < 1.29 is 0 Å². The van der Waals surface area contributed by atoms with Gasteiger partial charge in [0.25, 0.3) is 0 Å². The second-order valence-corrected chi connectivity index (χ2v) is 5.51. The molecule has 1 fully saturated rings. The van der Waals surface area contributed by atoms with Crippen LogP contribution in [-0.4, -0.2) is 42.6 Å². The predicted octanol–water partition coefficient (Wildman–Crippen LogP) is 2.31. The van der Waals surface area contributed by atoms with Crippen LogP contribution in [0, 0.1) is 6.92 Å². The van der Waals surface area contributed by atoms with Crippen molar-refractivity contribution in [1.29, 1.82) is 0 Å². The second kappa shape index (κ2) is 5.76. The fourth-order valence-electron chi connectivity index (χ4n) is 3.08. The number of benzene rings is 1. The van der Waals surface area contributed by atoms with Gasteiger partial charge in [-0.25, -0.2) is 0 Å². The molecule has 2 heterocycles. The van der Waals surface area contributed by atoms with E-state index in [1.807, 2.05) is 0 Å². The summed E-state index contributed by atoms with van der Waals surface area (Å²) in [5.41, 5.74) is 4.14. The molecule has 0 spiro atoms. The van der Waals surface area contributed by atoms with Crippen LogP contribution in [0.2, 0.25) is 0 Å². The van der Waals surface area contributed by atoms with E-state index >= 15 is 0 Å². The van der Waals surface area contributed by atoms with Gasteiger partial charge < -0.3 is 15.2 Å². The molecular weight excluding hydrogens is 234 g/mol. The minimum atomic E-state index is 1.15. The van der Waals surface area contributed by atoms with Crippen molar-refractivity contribution in [2.24, 2.45) is 0 Å². The van der Waals surface area contributed by atoms with Crippen LogP contribution in [-0.2, 0) is 6.42 Å². The van der Waals surface area contributed by atoms with E-state index in [0.717, 1.165) is 13.1 Å². The monoisotopic (exact) mass is 257 g/mol. The van der Waals surface area contributed by atoms with Crippen LogP contribution < -0.4 is 5.32 Å². The van der Waals surface area contributed by atoms with Crippen LogP contribution in [0.3, 0.4) is 0 Å². The molecule has 0 radical (unpaired) electrons. The molecule has 0 unspecified atom stereocenters. The van der Waals surface area contributed by atoms with E-state index < -0.39 is 0 Å². The van der Waals surface area contributed by atoms with Crippen molar-refractivity contribution in [1.82, 2.24) is 15.2 Å². The van der Waals surface area contributed by atoms with Gasteiger partial charge in [-0.1, -0.05) is 12.1 Å².